The van der Waals surface area contributed by atoms with Gasteiger partial charge in [-0.05, 0) is 106 Å². The molecule has 0 spiro atoms. The third-order valence-electron chi connectivity index (χ3n) is 18.9. The first kappa shape index (κ1) is 72.6. The molecule has 4 fully saturated rings. The number of methoxy groups -OCH3 is 1. The predicted molar refractivity (Wildman–Crippen MR) is 328 cm³/mol. The second-order valence-corrected chi connectivity index (χ2v) is 24.9. The number of nitrogens with zero attached hydrogens (tertiary/aromatic N) is 7. The topological polar surface area (TPSA) is 265 Å². The molecule has 2 aromatic carbocycles. The number of carboxylic acid groups (broad SMARTS) is 1. The van der Waals surface area contributed by atoms with E-state index in [1.807, 2.05) is 13.8 Å². The monoisotopic (exact) mass is 1280 g/mol. The number of halogens is 3. The molecular formula is C65H94F3N9O14. The van der Waals surface area contributed by atoms with Crippen molar-refractivity contribution in [2.24, 2.45) is 11.8 Å². The number of rotatable bonds is 29. The first-order chi connectivity index (χ1) is 43.1. The molecule has 91 heavy (non-hydrogen) atoms. The normalized spacial score (nSPS) is 20.0. The van der Waals surface area contributed by atoms with Gasteiger partial charge < -0.3 is 64.3 Å². The van der Waals surface area contributed by atoms with Crippen molar-refractivity contribution < 1.29 is 80.4 Å². The van der Waals surface area contributed by atoms with Gasteiger partial charge in [0.25, 0.3) is 0 Å². The van der Waals surface area contributed by atoms with Crippen LogP contribution in [0.2, 0.25) is 0 Å². The third kappa shape index (κ3) is 17.2. The fourth-order valence-corrected chi connectivity index (χ4v) is 13.2. The van der Waals surface area contributed by atoms with Gasteiger partial charge in [0.15, 0.2) is 0 Å². The van der Waals surface area contributed by atoms with Crippen molar-refractivity contribution in [3.05, 3.63) is 65.2 Å². The van der Waals surface area contributed by atoms with Crippen molar-refractivity contribution in [2.75, 3.05) is 69.1 Å². The number of carbonyl (C=O) groups excluding carboxylic acids is 9. The number of ether oxygens (including phenoxy) is 3. The Hall–Kier alpha value is -7.51. The van der Waals surface area contributed by atoms with E-state index >= 15 is 19.2 Å². The molecule has 9 atom stereocenters. The highest BCUT2D eigenvalue weighted by atomic mass is 19.4. The molecule has 2 saturated heterocycles. The van der Waals surface area contributed by atoms with E-state index in [-0.39, 0.29) is 71.2 Å². The molecule has 0 aromatic heterocycles. The summed E-state index contributed by atoms with van der Waals surface area (Å²) < 4.78 is 58.2. The molecule has 6 rings (SSSR count). The average molecular weight is 1280 g/mol. The maximum Gasteiger partial charge on any atom is 0.419 e. The molecule has 504 valence electrons. The lowest BCUT2D eigenvalue weighted by Gasteiger charge is -2.51. The Bertz CT molecular complexity index is 2910. The molecule has 0 bridgehead atoms. The molecule has 3 N–H and O–H groups in total. The summed E-state index contributed by atoms with van der Waals surface area (Å²) in [4.78, 5) is 153. The summed E-state index contributed by atoms with van der Waals surface area (Å²) in [5, 5.41) is 15.4. The largest absolute Gasteiger partial charge is 0.496 e. The number of nitrogens with one attached hydrogen (secondary N) is 2. The van der Waals surface area contributed by atoms with Gasteiger partial charge in [-0.1, -0.05) is 82.9 Å². The smallest absolute Gasteiger partial charge is 0.419 e. The molecule has 2 heterocycles. The number of benzene rings is 2. The van der Waals surface area contributed by atoms with E-state index in [4.69, 9.17) is 14.2 Å². The van der Waals surface area contributed by atoms with Crippen LogP contribution in [-0.4, -0.2) is 222 Å². The van der Waals surface area contributed by atoms with Crippen LogP contribution in [0.3, 0.4) is 0 Å². The zero-order valence-corrected chi connectivity index (χ0v) is 54.6. The SMILES string of the molecule is CCC[C@@H](C(=O)N[C@H](C(=O)N1CCC[C@H]1C(=O)O)[C@@H](C)CC)N(C)C(=O)C[C@@H](C(=O)N(C)C)N(C)C(=O)[C@H](C1CCCC1)N(C)C(=O)C1(N(C)C(=O)[C@@H]2C[C@@H](OCC)CN2C(=O)[C@H](CCc2ccc(C(F)(F)F)c(OC)c2)NC(=O)OCc2ccccc2)CCC1. The summed E-state index contributed by atoms with van der Waals surface area (Å²) in [5.74, 6) is -7.37. The van der Waals surface area contributed by atoms with E-state index < -0.39 is 149 Å². The van der Waals surface area contributed by atoms with Crippen LogP contribution in [0.5, 0.6) is 5.75 Å². The number of amides is 9. The Morgan fingerprint density at radius 1 is 0.758 bits per heavy atom. The van der Waals surface area contributed by atoms with E-state index in [9.17, 15) is 47.0 Å². The van der Waals surface area contributed by atoms with Gasteiger partial charge in [0.05, 0.1) is 25.2 Å². The van der Waals surface area contributed by atoms with E-state index in [0.717, 1.165) is 26.0 Å². The fraction of sp³-hybridized carbons (Fsp3) is 0.662. The maximum absolute atomic E-state index is 15.5. The number of likely N-dealkylation sites (tertiary alicyclic amines) is 2. The van der Waals surface area contributed by atoms with Crippen molar-refractivity contribution in [3.8, 4) is 5.75 Å². The summed E-state index contributed by atoms with van der Waals surface area (Å²) in [6.07, 6.45) is -1.83. The number of alkyl carbamates (subject to hydrolysis) is 1. The van der Waals surface area contributed by atoms with Crippen molar-refractivity contribution in [3.63, 3.8) is 0 Å². The van der Waals surface area contributed by atoms with Crippen LogP contribution in [0.1, 0.15) is 141 Å². The van der Waals surface area contributed by atoms with Gasteiger partial charge in [0.1, 0.15) is 60.2 Å². The molecule has 2 aromatic rings. The molecule has 0 unspecified atom stereocenters. The highest BCUT2D eigenvalue weighted by Crippen LogP contribution is 2.43. The highest BCUT2D eigenvalue weighted by Gasteiger charge is 2.56. The molecule has 2 aliphatic heterocycles. The lowest BCUT2D eigenvalue weighted by atomic mass is 9.73. The number of likely N-dealkylation sites (N-methyl/N-ethyl adjacent to an activating group) is 5. The van der Waals surface area contributed by atoms with E-state index in [1.165, 1.54) is 88.7 Å². The lowest BCUT2D eigenvalue weighted by Crippen LogP contribution is -2.68. The van der Waals surface area contributed by atoms with Crippen LogP contribution < -0.4 is 15.4 Å². The van der Waals surface area contributed by atoms with E-state index in [2.05, 4.69) is 10.6 Å². The summed E-state index contributed by atoms with van der Waals surface area (Å²) in [6.45, 7) is 7.36. The first-order valence-electron chi connectivity index (χ1n) is 31.8. The van der Waals surface area contributed by atoms with Crippen molar-refractivity contribution in [1.29, 1.82) is 0 Å². The molecular weight excluding hydrogens is 1190 g/mol. The minimum atomic E-state index is -4.71. The number of hydrogen-bond donors (Lipinski definition) is 3. The van der Waals surface area contributed by atoms with Gasteiger partial charge >= 0.3 is 18.2 Å². The first-order valence-corrected chi connectivity index (χ1v) is 31.8. The van der Waals surface area contributed by atoms with Crippen LogP contribution in [0, 0.1) is 11.8 Å². The van der Waals surface area contributed by atoms with Crippen LogP contribution in [0.4, 0.5) is 18.0 Å². The van der Waals surface area contributed by atoms with Gasteiger partial charge in [0.2, 0.25) is 47.3 Å². The second kappa shape index (κ2) is 32.2. The van der Waals surface area contributed by atoms with Gasteiger partial charge in [0, 0.05) is 68.4 Å². The van der Waals surface area contributed by atoms with E-state index in [1.54, 1.807) is 44.2 Å². The summed E-state index contributed by atoms with van der Waals surface area (Å²) in [5.41, 5.74) is -1.50. The van der Waals surface area contributed by atoms with Crippen LogP contribution in [-0.2, 0) is 71.8 Å². The number of hydrogen-bond acceptors (Lipinski definition) is 13. The molecule has 0 radical (unpaired) electrons. The zero-order chi connectivity index (χ0) is 67.2. The van der Waals surface area contributed by atoms with Crippen LogP contribution >= 0.6 is 0 Å². The highest BCUT2D eigenvalue weighted by molar-refractivity contribution is 6.00. The van der Waals surface area contributed by atoms with Gasteiger partial charge in [-0.3, -0.25) is 38.4 Å². The molecule has 2 aliphatic carbocycles. The maximum atomic E-state index is 15.5. The number of aryl methyl sites for hydroxylation is 1. The standard InChI is InChI=1S/C65H94F3N9O14/c1-12-22-47(55(79)70-53(40(4)13-2)59(83)76-34-20-27-48(76)61(85)86)72(7)52(78)37-49(57(81)71(5)6)73(8)60(84)54(43-25-18-19-26-43)74(9)62(87)64(32-21-33-64)75(10)58(82)50-36-44(90-14-3)38-77(50)56(80)46(69-63(88)91-39-42-23-16-15-17-24-42)31-29-41-28-30-45(65(66,67)68)51(35-41)89-11/h15-17,23-24,28,30,35,40,43-44,46-50,53-54H,12-14,18-22,25-27,29,31-34,36-39H2,1-11H3,(H,69,88)(H,70,79)(H,85,86)/t40-,44+,46-,47-,48-,49-,50-,53-,54-/m0/s1. The average Bonchev–Trinajstić information content (AvgIpc) is 1.57. The number of carbonyl (C=O) groups is 10. The third-order valence-corrected chi connectivity index (χ3v) is 18.9. The number of aliphatic carboxylic acids is 1. The Balaban J connectivity index is 1.25. The van der Waals surface area contributed by atoms with Gasteiger partial charge in [-0.15, -0.1) is 0 Å². The quantitative estimate of drug-likeness (QED) is 0.0859. The number of alkyl halides is 3. The molecule has 26 heteroatoms. The van der Waals surface area contributed by atoms with Crippen molar-refractivity contribution >= 4 is 59.3 Å². The summed E-state index contributed by atoms with van der Waals surface area (Å²) >= 11 is 0. The van der Waals surface area contributed by atoms with Crippen LogP contribution in [0.15, 0.2) is 48.5 Å². The number of carboxylic acids is 1. The second-order valence-electron chi connectivity index (χ2n) is 24.9. The molecule has 4 aliphatic rings. The zero-order valence-electron chi connectivity index (χ0n) is 54.6. The minimum absolute atomic E-state index is 0.00313. The van der Waals surface area contributed by atoms with Crippen molar-refractivity contribution in [2.45, 2.75) is 197 Å². The Labute approximate surface area is 531 Å². The van der Waals surface area contributed by atoms with Gasteiger partial charge in [-0.2, -0.15) is 13.2 Å². The van der Waals surface area contributed by atoms with Gasteiger partial charge in [-0.25, -0.2) is 9.59 Å². The Kier molecular flexibility index (Phi) is 25.6. The molecule has 2 saturated carbocycles. The van der Waals surface area contributed by atoms with Crippen molar-refractivity contribution in [1.82, 2.24) is 44.9 Å². The predicted octanol–water partition coefficient (Wildman–Crippen LogP) is 5.88. The molecule has 23 nitrogen and oxygen atoms in total. The molecule has 9 amide bonds. The van der Waals surface area contributed by atoms with Crippen LogP contribution in [0.25, 0.3) is 0 Å². The minimum Gasteiger partial charge on any atom is -0.496 e. The summed E-state index contributed by atoms with van der Waals surface area (Å²) in [6, 6.07) is 3.62. The Morgan fingerprint density at radius 2 is 1.43 bits per heavy atom. The fourth-order valence-electron chi connectivity index (χ4n) is 13.2. The van der Waals surface area contributed by atoms with E-state index in [0.29, 0.717) is 49.7 Å². The summed E-state index contributed by atoms with van der Waals surface area (Å²) in [7, 11) is 9.82. The lowest BCUT2D eigenvalue weighted by molar-refractivity contribution is -0.166. The Morgan fingerprint density at radius 3 is 2.00 bits per heavy atom.